The first-order chi connectivity index (χ1) is 13.2. The molecule has 148 valence electrons. The average Bonchev–Trinajstić information content (AvgIpc) is 3.07. The number of nitrogens with zero attached hydrogens (tertiary/aromatic N) is 1. The average molecular weight is 372 g/mol. The summed E-state index contributed by atoms with van der Waals surface area (Å²) in [5.74, 6) is 0.397. The molecule has 0 spiro atoms. The van der Waals surface area contributed by atoms with Crippen LogP contribution in [0.4, 0.5) is 5.69 Å². The molecule has 0 radical (unpaired) electrons. The van der Waals surface area contributed by atoms with Crippen LogP contribution in [0.1, 0.15) is 49.4 Å². The summed E-state index contributed by atoms with van der Waals surface area (Å²) in [5, 5.41) is 7.07. The fourth-order valence-corrected chi connectivity index (χ4v) is 2.33. The molecule has 2 heterocycles. The summed E-state index contributed by atoms with van der Waals surface area (Å²) in [7, 11) is 3.75. The minimum atomic E-state index is 0.397. The summed E-state index contributed by atoms with van der Waals surface area (Å²) in [4.78, 5) is 15.0. The van der Waals surface area contributed by atoms with E-state index in [0.717, 1.165) is 34.1 Å². The Morgan fingerprint density at radius 1 is 1.07 bits per heavy atom. The van der Waals surface area contributed by atoms with Crippen LogP contribution in [0.15, 0.2) is 47.1 Å². The molecular formula is C22H33N3O2. The molecule has 0 unspecified atom stereocenters. The smallest absolute Gasteiger partial charge is 0.185 e. The van der Waals surface area contributed by atoms with E-state index in [0.29, 0.717) is 12.3 Å². The Labute approximate surface area is 163 Å². The number of pyridine rings is 1. The minimum Gasteiger partial charge on any atom is -0.453 e. The minimum absolute atomic E-state index is 0.397. The van der Waals surface area contributed by atoms with Gasteiger partial charge in [-0.1, -0.05) is 39.8 Å². The van der Waals surface area contributed by atoms with Gasteiger partial charge in [0.25, 0.3) is 0 Å². The van der Waals surface area contributed by atoms with Crippen LogP contribution in [-0.4, -0.2) is 25.4 Å². The van der Waals surface area contributed by atoms with Gasteiger partial charge in [-0.05, 0) is 44.8 Å². The van der Waals surface area contributed by atoms with E-state index in [1.54, 1.807) is 12.4 Å². The van der Waals surface area contributed by atoms with Crippen LogP contribution in [0.5, 0.6) is 0 Å². The number of carbonyl (C=O) groups excluding carboxylic acids is 1. The van der Waals surface area contributed by atoms with Crippen molar-refractivity contribution < 1.29 is 9.21 Å². The molecule has 2 aromatic heterocycles. The van der Waals surface area contributed by atoms with Crippen molar-refractivity contribution in [3.05, 3.63) is 59.6 Å². The Kier molecular flexibility index (Phi) is 13.1. The molecular weight excluding hydrogens is 338 g/mol. The second kappa shape index (κ2) is 14.5. The number of anilines is 1. The molecule has 0 bridgehead atoms. The highest BCUT2D eigenvalue weighted by molar-refractivity contribution is 5.91. The number of aldehydes is 1. The van der Waals surface area contributed by atoms with Gasteiger partial charge < -0.3 is 15.1 Å². The molecule has 1 aromatic carbocycles. The highest BCUT2D eigenvalue weighted by atomic mass is 16.3. The van der Waals surface area contributed by atoms with Crippen LogP contribution < -0.4 is 10.6 Å². The first-order valence-corrected chi connectivity index (χ1v) is 9.39. The Hall–Kier alpha value is -2.66. The highest BCUT2D eigenvalue weighted by Crippen LogP contribution is 2.28. The van der Waals surface area contributed by atoms with E-state index in [4.69, 9.17) is 4.42 Å². The number of aromatic nitrogens is 1. The maximum atomic E-state index is 11.0. The number of aryl methyl sites for hydroxylation is 1. The van der Waals surface area contributed by atoms with E-state index < -0.39 is 0 Å². The largest absolute Gasteiger partial charge is 0.453 e. The van der Waals surface area contributed by atoms with Gasteiger partial charge in [0.15, 0.2) is 12.0 Å². The zero-order valence-electron chi connectivity index (χ0n) is 17.6. The summed E-state index contributed by atoms with van der Waals surface area (Å²) in [6, 6.07) is 9.69. The van der Waals surface area contributed by atoms with Crippen LogP contribution >= 0.6 is 0 Å². The third-order valence-corrected chi connectivity index (χ3v) is 3.33. The molecule has 0 aliphatic carbocycles. The molecule has 5 heteroatoms. The summed E-state index contributed by atoms with van der Waals surface area (Å²) in [6.07, 6.45) is 4.27. The Morgan fingerprint density at radius 2 is 1.74 bits per heavy atom. The van der Waals surface area contributed by atoms with Gasteiger partial charge in [0.05, 0.1) is 5.69 Å². The summed E-state index contributed by atoms with van der Waals surface area (Å²) < 4.78 is 5.53. The summed E-state index contributed by atoms with van der Waals surface area (Å²) in [6.45, 7) is 10.6. The number of nitrogens with one attached hydrogen (secondary N) is 2. The normalized spacial score (nSPS) is 9.00. The van der Waals surface area contributed by atoms with E-state index in [1.807, 2.05) is 79.0 Å². The van der Waals surface area contributed by atoms with Gasteiger partial charge in [-0.25, -0.2) is 0 Å². The van der Waals surface area contributed by atoms with Gasteiger partial charge in [-0.2, -0.15) is 0 Å². The fourth-order valence-electron chi connectivity index (χ4n) is 2.33. The first-order valence-electron chi connectivity index (χ1n) is 9.39. The SMILES string of the molecule is CC.CC.CNC.Cc1c(C=O)oc2cccc(CNc3cccnc3)c12. The lowest BCUT2D eigenvalue weighted by molar-refractivity contribution is 0.110. The molecule has 2 N–H and O–H groups in total. The van der Waals surface area contributed by atoms with E-state index in [-0.39, 0.29) is 0 Å². The molecule has 0 atom stereocenters. The predicted molar refractivity (Wildman–Crippen MR) is 116 cm³/mol. The Balaban J connectivity index is 0.000000860. The number of furan rings is 1. The van der Waals surface area contributed by atoms with E-state index >= 15 is 0 Å². The van der Waals surface area contributed by atoms with Gasteiger partial charge in [0, 0.05) is 29.9 Å². The maximum Gasteiger partial charge on any atom is 0.185 e. The van der Waals surface area contributed by atoms with Crippen molar-refractivity contribution in [1.29, 1.82) is 0 Å². The van der Waals surface area contributed by atoms with Crippen molar-refractivity contribution in [3.63, 3.8) is 0 Å². The second-order valence-corrected chi connectivity index (χ2v) is 5.09. The molecule has 3 aromatic rings. The van der Waals surface area contributed by atoms with Crippen LogP contribution in [0.2, 0.25) is 0 Å². The molecule has 0 saturated carbocycles. The van der Waals surface area contributed by atoms with Gasteiger partial charge in [-0.3, -0.25) is 9.78 Å². The molecule has 0 fully saturated rings. The third kappa shape index (κ3) is 7.23. The molecule has 5 nitrogen and oxygen atoms in total. The molecule has 27 heavy (non-hydrogen) atoms. The predicted octanol–water partition coefficient (Wildman–Crippen LogP) is 5.45. The lowest BCUT2D eigenvalue weighted by Crippen LogP contribution is -2.00. The Morgan fingerprint density at radius 3 is 2.30 bits per heavy atom. The zero-order chi connectivity index (χ0) is 20.7. The molecule has 0 saturated heterocycles. The number of hydrogen-bond acceptors (Lipinski definition) is 5. The number of fused-ring (bicyclic) bond motifs is 1. The Bertz CT molecular complexity index is 768. The van der Waals surface area contributed by atoms with Crippen molar-refractivity contribution in [3.8, 4) is 0 Å². The number of hydrogen-bond donors (Lipinski definition) is 2. The van der Waals surface area contributed by atoms with E-state index in [1.165, 1.54) is 0 Å². The van der Waals surface area contributed by atoms with E-state index in [9.17, 15) is 4.79 Å². The molecule has 0 amide bonds. The zero-order valence-corrected chi connectivity index (χ0v) is 17.6. The topological polar surface area (TPSA) is 67.2 Å². The lowest BCUT2D eigenvalue weighted by atomic mass is 10.1. The van der Waals surface area contributed by atoms with Gasteiger partial charge in [0.1, 0.15) is 5.58 Å². The van der Waals surface area contributed by atoms with Crippen LogP contribution in [-0.2, 0) is 6.54 Å². The standard InChI is InChI=1S/C16H14N2O2.C2H7N.2C2H6/c1-11-15(10-19)20-14-6-2-4-12(16(11)14)8-18-13-5-3-7-17-9-13;1-3-2;2*1-2/h2-7,9-10,18H,8H2,1H3;3H,1-2H3;2*1-2H3. The van der Waals surface area contributed by atoms with E-state index in [2.05, 4.69) is 15.6 Å². The van der Waals surface area contributed by atoms with Crippen LogP contribution in [0.3, 0.4) is 0 Å². The summed E-state index contributed by atoms with van der Waals surface area (Å²) >= 11 is 0. The van der Waals surface area contributed by atoms with Crippen molar-refractivity contribution in [1.82, 2.24) is 10.3 Å². The highest BCUT2D eigenvalue weighted by Gasteiger charge is 2.12. The number of carbonyl (C=O) groups is 1. The molecule has 0 aliphatic rings. The number of rotatable bonds is 4. The van der Waals surface area contributed by atoms with Crippen molar-refractivity contribution in [2.45, 2.75) is 41.2 Å². The molecule has 3 rings (SSSR count). The van der Waals surface area contributed by atoms with Gasteiger partial charge >= 0.3 is 0 Å². The van der Waals surface area contributed by atoms with Gasteiger partial charge in [0.2, 0.25) is 0 Å². The fraction of sp³-hybridized carbons (Fsp3) is 0.364. The van der Waals surface area contributed by atoms with Crippen molar-refractivity contribution in [2.75, 3.05) is 19.4 Å². The number of benzene rings is 1. The second-order valence-electron chi connectivity index (χ2n) is 5.09. The van der Waals surface area contributed by atoms with Crippen LogP contribution in [0.25, 0.3) is 11.0 Å². The van der Waals surface area contributed by atoms with Gasteiger partial charge in [-0.15, -0.1) is 0 Å². The quantitative estimate of drug-likeness (QED) is 0.597. The van der Waals surface area contributed by atoms with Crippen molar-refractivity contribution >= 4 is 22.9 Å². The monoisotopic (exact) mass is 371 g/mol. The lowest BCUT2D eigenvalue weighted by Gasteiger charge is -2.07. The summed E-state index contributed by atoms with van der Waals surface area (Å²) in [5.41, 5.74) is 3.69. The van der Waals surface area contributed by atoms with Crippen LogP contribution in [0, 0.1) is 6.92 Å². The molecule has 0 aliphatic heterocycles. The maximum absolute atomic E-state index is 11.0. The van der Waals surface area contributed by atoms with Crippen molar-refractivity contribution in [2.24, 2.45) is 0 Å². The first kappa shape index (κ1) is 24.3. The third-order valence-electron chi connectivity index (χ3n) is 3.33.